The molecule has 4 heterocycles. The summed E-state index contributed by atoms with van der Waals surface area (Å²) in [5.41, 5.74) is 0.191. The number of nitrogens with one attached hydrogen (secondary N) is 1. The van der Waals surface area contributed by atoms with E-state index in [0.29, 0.717) is 42.8 Å². The number of benzene rings is 1. The Hall–Kier alpha value is -3.58. The molecule has 0 spiro atoms. The number of hydrogen-bond acceptors (Lipinski definition) is 9. The maximum Gasteiger partial charge on any atom is 0.418 e. The Morgan fingerprint density at radius 3 is 2.50 bits per heavy atom. The number of nitrogens with zero attached hydrogens (tertiary/aromatic N) is 6. The Morgan fingerprint density at radius 2 is 1.90 bits per heavy atom. The number of halogens is 3. The monoisotopic (exact) mass is 601 g/mol. The summed E-state index contributed by atoms with van der Waals surface area (Å²) in [6.07, 6.45) is 2.99. The molecule has 2 aromatic heterocycles. The van der Waals surface area contributed by atoms with Gasteiger partial charge in [-0.15, -0.1) is 0 Å². The number of thiazole rings is 1. The molecule has 2 fully saturated rings. The quantitative estimate of drug-likeness (QED) is 0.346. The van der Waals surface area contributed by atoms with E-state index in [2.05, 4.69) is 32.1 Å². The molecule has 0 saturated carbocycles. The zero-order chi connectivity index (χ0) is 30.0. The lowest BCUT2D eigenvalue weighted by atomic mass is 9.99. The summed E-state index contributed by atoms with van der Waals surface area (Å²) >= 11 is 1.26. The van der Waals surface area contributed by atoms with Crippen molar-refractivity contribution in [2.24, 2.45) is 5.92 Å². The number of carbonyl (C=O) groups excluding carboxylic acids is 2. The van der Waals surface area contributed by atoms with Gasteiger partial charge in [-0.05, 0) is 51.3 Å². The van der Waals surface area contributed by atoms with E-state index in [9.17, 15) is 22.8 Å². The average molecular weight is 602 g/mol. The Bertz CT molecular complexity index is 1420. The highest BCUT2D eigenvalue weighted by Crippen LogP contribution is 2.41. The third kappa shape index (κ3) is 6.57. The third-order valence-corrected chi connectivity index (χ3v) is 8.89. The molecule has 1 amide bonds. The average Bonchev–Trinajstić information content (AvgIpc) is 3.57. The first-order chi connectivity index (χ1) is 20.0. The van der Waals surface area contributed by atoms with Gasteiger partial charge in [0.25, 0.3) is 5.91 Å². The number of aromatic nitrogens is 3. The molecule has 1 atom stereocenters. The van der Waals surface area contributed by atoms with Gasteiger partial charge in [0.05, 0.1) is 23.7 Å². The molecule has 3 aromatic rings. The highest BCUT2D eigenvalue weighted by atomic mass is 32.1. The second-order valence-electron chi connectivity index (χ2n) is 11.1. The van der Waals surface area contributed by atoms with Crippen molar-refractivity contribution in [2.45, 2.75) is 51.4 Å². The fraction of sp³-hybridized carbons (Fsp3) is 0.483. The van der Waals surface area contributed by atoms with E-state index < -0.39 is 17.6 Å². The van der Waals surface area contributed by atoms with E-state index in [-0.39, 0.29) is 22.4 Å². The van der Waals surface area contributed by atoms with Crippen LogP contribution in [0.5, 0.6) is 0 Å². The number of piperidine rings is 1. The largest absolute Gasteiger partial charge is 0.418 e. The molecule has 2 saturated heterocycles. The topological polar surface area (TPSA) is 94.6 Å². The summed E-state index contributed by atoms with van der Waals surface area (Å²) in [6, 6.07) is 4.58. The second-order valence-corrected chi connectivity index (χ2v) is 12.1. The first kappa shape index (κ1) is 29.9. The highest BCUT2D eigenvalue weighted by Gasteiger charge is 2.35. The number of hydrogen-bond donors (Lipinski definition) is 1. The van der Waals surface area contributed by atoms with Crippen LogP contribution in [0.2, 0.25) is 0 Å². The Balaban J connectivity index is 1.40. The fourth-order valence-corrected chi connectivity index (χ4v) is 6.48. The van der Waals surface area contributed by atoms with Gasteiger partial charge in [-0.3, -0.25) is 15.0 Å². The summed E-state index contributed by atoms with van der Waals surface area (Å²) < 4.78 is 42.0. The van der Waals surface area contributed by atoms with Crippen LogP contribution in [-0.4, -0.2) is 71.8 Å². The smallest absolute Gasteiger partial charge is 0.377 e. The van der Waals surface area contributed by atoms with Gasteiger partial charge in [0.2, 0.25) is 0 Å². The summed E-state index contributed by atoms with van der Waals surface area (Å²) in [5.74, 6) is 0.192. The van der Waals surface area contributed by atoms with E-state index in [1.165, 1.54) is 34.7 Å². The first-order valence-electron chi connectivity index (χ1n) is 14.0. The minimum atomic E-state index is -4.54. The van der Waals surface area contributed by atoms with Crippen LogP contribution in [0.1, 0.15) is 53.5 Å². The van der Waals surface area contributed by atoms with Crippen molar-refractivity contribution in [3.63, 3.8) is 0 Å². The zero-order valence-electron chi connectivity index (χ0n) is 23.8. The van der Waals surface area contributed by atoms with Crippen LogP contribution >= 0.6 is 11.3 Å². The van der Waals surface area contributed by atoms with Crippen molar-refractivity contribution in [1.29, 1.82) is 0 Å². The molecule has 1 aromatic carbocycles. The number of alkyl halides is 3. The number of carbonyl (C=O) groups is 2. The van der Waals surface area contributed by atoms with Crippen LogP contribution in [0.4, 0.5) is 29.8 Å². The molecular formula is C29H34F3N7O2S. The molecular weight excluding hydrogens is 567 g/mol. The SMILES string of the molecule is C[C@@H]1CCCN1Cc1sc(NC(=O)c2cnc(N3CCC(C=O)CC3)cn2)nc1-c1ccc(N(C)C)c(C(F)(F)F)c1. The molecule has 2 aliphatic heterocycles. The van der Waals surface area contributed by atoms with Crippen LogP contribution in [0, 0.1) is 5.92 Å². The van der Waals surface area contributed by atoms with E-state index in [1.54, 1.807) is 20.2 Å². The van der Waals surface area contributed by atoms with Crippen LogP contribution < -0.4 is 15.1 Å². The second kappa shape index (κ2) is 12.3. The minimum Gasteiger partial charge on any atom is -0.377 e. The molecule has 9 nitrogen and oxygen atoms in total. The van der Waals surface area contributed by atoms with Crippen LogP contribution in [-0.2, 0) is 17.5 Å². The van der Waals surface area contributed by atoms with E-state index in [4.69, 9.17) is 0 Å². The number of likely N-dealkylation sites (tertiary alicyclic amines) is 1. The number of rotatable bonds is 8. The molecule has 13 heteroatoms. The van der Waals surface area contributed by atoms with E-state index in [0.717, 1.165) is 49.5 Å². The summed E-state index contributed by atoms with van der Waals surface area (Å²) in [7, 11) is 3.15. The maximum atomic E-state index is 14.0. The van der Waals surface area contributed by atoms with Gasteiger partial charge in [0, 0.05) is 61.8 Å². The molecule has 0 radical (unpaired) electrons. The van der Waals surface area contributed by atoms with E-state index >= 15 is 0 Å². The number of aldehydes is 1. The normalized spacial score (nSPS) is 18.3. The molecule has 0 unspecified atom stereocenters. The Labute approximate surface area is 246 Å². The van der Waals surface area contributed by atoms with Crippen LogP contribution in [0.25, 0.3) is 11.3 Å². The fourth-order valence-electron chi connectivity index (χ4n) is 5.48. The van der Waals surface area contributed by atoms with Crippen molar-refractivity contribution < 1.29 is 22.8 Å². The molecule has 0 bridgehead atoms. The van der Waals surface area contributed by atoms with Gasteiger partial charge >= 0.3 is 6.18 Å². The Morgan fingerprint density at radius 1 is 1.14 bits per heavy atom. The summed E-state index contributed by atoms with van der Waals surface area (Å²) in [4.78, 5) is 43.9. The lowest BCUT2D eigenvalue weighted by molar-refractivity contribution is -0.137. The van der Waals surface area contributed by atoms with Crippen molar-refractivity contribution >= 4 is 40.2 Å². The molecule has 42 heavy (non-hydrogen) atoms. The molecule has 224 valence electrons. The predicted octanol–water partition coefficient (Wildman–Crippen LogP) is 5.34. The van der Waals surface area contributed by atoms with Crippen molar-refractivity contribution in [1.82, 2.24) is 19.9 Å². The summed E-state index contributed by atoms with van der Waals surface area (Å²) in [6.45, 7) is 4.93. The van der Waals surface area contributed by atoms with Gasteiger partial charge in [-0.25, -0.2) is 15.0 Å². The van der Waals surface area contributed by atoms with E-state index in [1.807, 2.05) is 4.90 Å². The van der Waals surface area contributed by atoms with Crippen molar-refractivity contribution in [2.75, 3.05) is 48.8 Å². The van der Waals surface area contributed by atoms with Gasteiger partial charge in [-0.1, -0.05) is 17.4 Å². The van der Waals surface area contributed by atoms with Gasteiger partial charge < -0.3 is 14.6 Å². The third-order valence-electron chi connectivity index (χ3n) is 7.94. The maximum absolute atomic E-state index is 14.0. The lowest BCUT2D eigenvalue weighted by Crippen LogP contribution is -2.34. The van der Waals surface area contributed by atoms with Crippen molar-refractivity contribution in [3.8, 4) is 11.3 Å². The van der Waals surface area contributed by atoms with Gasteiger partial charge in [-0.2, -0.15) is 13.2 Å². The standard InChI is InChI=1S/C29H34F3N7O2S/c1-18-5-4-10-39(18)16-24-26(20-6-7-23(37(2)3)21(13-20)29(30,31)32)35-28(42-24)36-27(41)22-14-34-25(15-33-22)38-11-8-19(17-40)9-12-38/h6-7,13-15,17-19H,4-5,8-12,16H2,1-3H3,(H,35,36,41)/t18-/m1/s1. The molecule has 0 aliphatic carbocycles. The highest BCUT2D eigenvalue weighted by molar-refractivity contribution is 7.16. The van der Waals surface area contributed by atoms with Gasteiger partial charge in [0.15, 0.2) is 5.13 Å². The zero-order valence-corrected chi connectivity index (χ0v) is 24.6. The molecule has 2 aliphatic rings. The number of amides is 1. The van der Waals surface area contributed by atoms with Crippen LogP contribution in [0.15, 0.2) is 30.6 Å². The Kier molecular flexibility index (Phi) is 8.78. The molecule has 1 N–H and O–H groups in total. The molecule has 5 rings (SSSR count). The summed E-state index contributed by atoms with van der Waals surface area (Å²) in [5, 5.41) is 3.06. The minimum absolute atomic E-state index is 0.0620. The lowest BCUT2D eigenvalue weighted by Gasteiger charge is -2.30. The number of anilines is 3. The van der Waals surface area contributed by atoms with Crippen LogP contribution in [0.3, 0.4) is 0 Å². The van der Waals surface area contributed by atoms with Crippen molar-refractivity contribution in [3.05, 3.63) is 46.7 Å². The van der Waals surface area contributed by atoms with Gasteiger partial charge in [0.1, 0.15) is 17.8 Å². The predicted molar refractivity (Wildman–Crippen MR) is 157 cm³/mol. The first-order valence-corrected chi connectivity index (χ1v) is 14.8.